The molecular weight excluding hydrogens is 248 g/mol. The number of halogens is 2. The summed E-state index contributed by atoms with van der Waals surface area (Å²) < 4.78 is 31.5. The molecule has 1 atom stereocenters. The Kier molecular flexibility index (Phi) is 3.17. The van der Waals surface area contributed by atoms with Gasteiger partial charge in [0, 0.05) is 12.1 Å². The van der Waals surface area contributed by atoms with E-state index in [2.05, 4.69) is 5.32 Å². The van der Waals surface area contributed by atoms with Crippen LogP contribution in [0.15, 0.2) is 42.5 Å². The zero-order valence-electron chi connectivity index (χ0n) is 10.2. The van der Waals surface area contributed by atoms with Crippen molar-refractivity contribution in [3.05, 3.63) is 65.2 Å². The van der Waals surface area contributed by atoms with Crippen molar-refractivity contribution in [2.45, 2.75) is 12.6 Å². The SMILES string of the molecule is Fc1ccc(CNC2COc3ccccc32)cc1F. The Balaban J connectivity index is 1.69. The summed E-state index contributed by atoms with van der Waals surface area (Å²) in [5, 5.41) is 3.29. The van der Waals surface area contributed by atoms with Crippen LogP contribution in [0, 0.1) is 11.6 Å². The van der Waals surface area contributed by atoms with Gasteiger partial charge < -0.3 is 10.1 Å². The van der Waals surface area contributed by atoms with Gasteiger partial charge in [0.25, 0.3) is 0 Å². The smallest absolute Gasteiger partial charge is 0.159 e. The number of fused-ring (bicyclic) bond motifs is 1. The van der Waals surface area contributed by atoms with Gasteiger partial charge in [-0.2, -0.15) is 0 Å². The molecule has 1 unspecified atom stereocenters. The molecule has 4 heteroatoms. The number of benzene rings is 2. The van der Waals surface area contributed by atoms with E-state index in [0.717, 1.165) is 17.4 Å². The highest BCUT2D eigenvalue weighted by molar-refractivity contribution is 5.39. The molecule has 0 bridgehead atoms. The van der Waals surface area contributed by atoms with Crippen LogP contribution < -0.4 is 10.1 Å². The van der Waals surface area contributed by atoms with Gasteiger partial charge in [-0.25, -0.2) is 8.78 Å². The van der Waals surface area contributed by atoms with Crippen LogP contribution in [0.5, 0.6) is 5.75 Å². The van der Waals surface area contributed by atoms with Crippen molar-refractivity contribution < 1.29 is 13.5 Å². The van der Waals surface area contributed by atoms with Gasteiger partial charge in [-0.3, -0.25) is 0 Å². The predicted molar refractivity (Wildman–Crippen MR) is 67.9 cm³/mol. The van der Waals surface area contributed by atoms with Gasteiger partial charge in [-0.05, 0) is 23.8 Å². The normalized spacial score (nSPS) is 17.1. The topological polar surface area (TPSA) is 21.3 Å². The standard InChI is InChI=1S/C15H13F2NO/c16-12-6-5-10(7-13(12)17)8-18-14-9-19-15-4-2-1-3-11(14)15/h1-7,14,18H,8-9H2. The fraction of sp³-hybridized carbons (Fsp3) is 0.200. The van der Waals surface area contributed by atoms with Gasteiger partial charge in [-0.1, -0.05) is 24.3 Å². The average Bonchev–Trinajstić information content (AvgIpc) is 2.83. The van der Waals surface area contributed by atoms with Crippen LogP contribution in [-0.4, -0.2) is 6.61 Å². The van der Waals surface area contributed by atoms with Crippen molar-refractivity contribution in [1.29, 1.82) is 0 Å². The van der Waals surface area contributed by atoms with Crippen LogP contribution in [0.1, 0.15) is 17.2 Å². The number of hydrogen-bond acceptors (Lipinski definition) is 2. The molecule has 2 nitrogen and oxygen atoms in total. The number of hydrogen-bond donors (Lipinski definition) is 1. The Labute approximate surface area is 110 Å². The van der Waals surface area contributed by atoms with Crippen molar-refractivity contribution in [2.24, 2.45) is 0 Å². The van der Waals surface area contributed by atoms with Gasteiger partial charge >= 0.3 is 0 Å². The summed E-state index contributed by atoms with van der Waals surface area (Å²) in [6.45, 7) is 1.03. The highest BCUT2D eigenvalue weighted by atomic mass is 19.2. The monoisotopic (exact) mass is 261 g/mol. The van der Waals surface area contributed by atoms with Crippen LogP contribution in [0.25, 0.3) is 0 Å². The van der Waals surface area contributed by atoms with Crippen molar-refractivity contribution in [1.82, 2.24) is 5.32 Å². The first-order chi connectivity index (χ1) is 9.24. The highest BCUT2D eigenvalue weighted by Gasteiger charge is 2.22. The average molecular weight is 261 g/mol. The molecule has 0 radical (unpaired) electrons. The van der Waals surface area contributed by atoms with Crippen molar-refractivity contribution in [3.63, 3.8) is 0 Å². The Morgan fingerprint density at radius 3 is 2.79 bits per heavy atom. The predicted octanol–water partition coefficient (Wildman–Crippen LogP) is 3.19. The van der Waals surface area contributed by atoms with Crippen molar-refractivity contribution in [3.8, 4) is 5.75 Å². The molecule has 0 amide bonds. The van der Waals surface area contributed by atoms with Crippen LogP contribution in [0.4, 0.5) is 8.78 Å². The molecule has 1 aliphatic heterocycles. The Bertz CT molecular complexity index is 600. The van der Waals surface area contributed by atoms with Gasteiger partial charge in [0.2, 0.25) is 0 Å². The second-order valence-corrected chi connectivity index (χ2v) is 4.53. The number of ether oxygens (including phenoxy) is 1. The van der Waals surface area contributed by atoms with E-state index in [0.29, 0.717) is 18.7 Å². The molecule has 1 N–H and O–H groups in total. The van der Waals surface area contributed by atoms with Crippen molar-refractivity contribution >= 4 is 0 Å². The minimum Gasteiger partial charge on any atom is -0.491 e. The Morgan fingerprint density at radius 2 is 1.95 bits per heavy atom. The van der Waals surface area contributed by atoms with E-state index in [1.54, 1.807) is 6.07 Å². The molecule has 0 fully saturated rings. The zero-order chi connectivity index (χ0) is 13.2. The van der Waals surface area contributed by atoms with E-state index < -0.39 is 11.6 Å². The summed E-state index contributed by atoms with van der Waals surface area (Å²) in [6, 6.07) is 11.8. The zero-order valence-corrected chi connectivity index (χ0v) is 10.2. The second kappa shape index (κ2) is 4.97. The van der Waals surface area contributed by atoms with Gasteiger partial charge in [-0.15, -0.1) is 0 Å². The summed E-state index contributed by atoms with van der Waals surface area (Å²) in [5.41, 5.74) is 1.81. The van der Waals surface area contributed by atoms with Gasteiger partial charge in [0.05, 0.1) is 6.04 Å². The Morgan fingerprint density at radius 1 is 1.11 bits per heavy atom. The summed E-state index contributed by atoms with van der Waals surface area (Å²) in [6.07, 6.45) is 0. The van der Waals surface area contributed by atoms with Crippen LogP contribution >= 0.6 is 0 Å². The lowest BCUT2D eigenvalue weighted by molar-refractivity contribution is 0.310. The van der Waals surface area contributed by atoms with E-state index >= 15 is 0 Å². The van der Waals surface area contributed by atoms with Gasteiger partial charge in [0.1, 0.15) is 12.4 Å². The summed E-state index contributed by atoms with van der Waals surface area (Å²) in [5.74, 6) is -0.758. The maximum Gasteiger partial charge on any atom is 0.159 e. The van der Waals surface area contributed by atoms with Gasteiger partial charge in [0.15, 0.2) is 11.6 Å². The highest BCUT2D eigenvalue weighted by Crippen LogP contribution is 2.31. The molecule has 0 aromatic heterocycles. The van der Waals surface area contributed by atoms with Crippen LogP contribution in [0.2, 0.25) is 0 Å². The molecule has 19 heavy (non-hydrogen) atoms. The first-order valence-corrected chi connectivity index (χ1v) is 6.13. The van der Waals surface area contributed by atoms with Crippen molar-refractivity contribution in [2.75, 3.05) is 6.61 Å². The molecular formula is C15H13F2NO. The molecule has 1 heterocycles. The molecule has 1 aliphatic rings. The summed E-state index contributed by atoms with van der Waals surface area (Å²) >= 11 is 0. The fourth-order valence-corrected chi connectivity index (χ4v) is 2.22. The largest absolute Gasteiger partial charge is 0.491 e. The summed E-state index contributed by atoms with van der Waals surface area (Å²) in [7, 11) is 0. The third-order valence-corrected chi connectivity index (χ3v) is 3.24. The lowest BCUT2D eigenvalue weighted by Crippen LogP contribution is -2.22. The van der Waals surface area contributed by atoms with E-state index in [1.165, 1.54) is 6.07 Å². The summed E-state index contributed by atoms with van der Waals surface area (Å²) in [4.78, 5) is 0. The first-order valence-electron chi connectivity index (χ1n) is 6.13. The Hall–Kier alpha value is -1.94. The van der Waals surface area contributed by atoms with Crippen LogP contribution in [-0.2, 0) is 6.54 Å². The minimum absolute atomic E-state index is 0.0873. The molecule has 0 saturated heterocycles. The quantitative estimate of drug-likeness (QED) is 0.916. The molecule has 0 aliphatic carbocycles. The molecule has 0 saturated carbocycles. The molecule has 2 aromatic carbocycles. The maximum absolute atomic E-state index is 13.1. The lowest BCUT2D eigenvalue weighted by Gasteiger charge is -2.11. The first kappa shape index (κ1) is 12.1. The number of nitrogens with one attached hydrogen (secondary N) is 1. The number of para-hydroxylation sites is 1. The third kappa shape index (κ3) is 2.44. The van der Waals surface area contributed by atoms with E-state index in [-0.39, 0.29) is 6.04 Å². The van der Waals surface area contributed by atoms with E-state index in [4.69, 9.17) is 4.74 Å². The van der Waals surface area contributed by atoms with Crippen LogP contribution in [0.3, 0.4) is 0 Å². The molecule has 3 rings (SSSR count). The van der Waals surface area contributed by atoms with E-state index in [9.17, 15) is 8.78 Å². The third-order valence-electron chi connectivity index (χ3n) is 3.24. The van der Waals surface area contributed by atoms with E-state index in [1.807, 2.05) is 24.3 Å². The minimum atomic E-state index is -0.821. The lowest BCUT2D eigenvalue weighted by atomic mass is 10.1. The fourth-order valence-electron chi connectivity index (χ4n) is 2.22. The maximum atomic E-state index is 13.1. The molecule has 0 spiro atoms. The molecule has 2 aromatic rings. The second-order valence-electron chi connectivity index (χ2n) is 4.53. The molecule has 98 valence electrons. The number of rotatable bonds is 3.